The van der Waals surface area contributed by atoms with Gasteiger partial charge in [0.2, 0.25) is 0 Å². The van der Waals surface area contributed by atoms with Gasteiger partial charge in [-0.2, -0.15) is 16.8 Å². The summed E-state index contributed by atoms with van der Waals surface area (Å²) in [5.74, 6) is 2.01. The molecular weight excluding hydrogens is 492 g/mol. The smallest absolute Gasteiger partial charge is 0.394 e. The van der Waals surface area contributed by atoms with E-state index in [1.807, 2.05) is 24.3 Å². The summed E-state index contributed by atoms with van der Waals surface area (Å²) in [4.78, 5) is 6.86. The van der Waals surface area contributed by atoms with Crippen molar-refractivity contribution in [2.45, 2.75) is 25.0 Å². The first kappa shape index (κ1) is 28.1. The quantitative estimate of drug-likeness (QED) is 0.290. The molecule has 0 aliphatic carbocycles. The predicted octanol–water partition coefficient (Wildman–Crippen LogP) is 1.87. The summed E-state index contributed by atoms with van der Waals surface area (Å²) in [6.45, 7) is 6.07. The van der Waals surface area contributed by atoms with Crippen molar-refractivity contribution in [3.63, 3.8) is 0 Å². The van der Waals surface area contributed by atoms with Crippen molar-refractivity contribution in [2.24, 2.45) is 11.8 Å². The number of rotatable bonds is 4. The molecular formula is C20H28N2O10S2. The summed E-state index contributed by atoms with van der Waals surface area (Å²) in [5, 5.41) is 12.1. The second-order valence-electron chi connectivity index (χ2n) is 7.87. The molecule has 1 aromatic heterocycles. The van der Waals surface area contributed by atoms with E-state index in [0.717, 1.165) is 41.7 Å². The van der Waals surface area contributed by atoms with Gasteiger partial charge >= 0.3 is 20.8 Å². The molecule has 5 atom stereocenters. The number of methoxy groups -OCH3 is 1. The SMILES string of the molecule is C=C[C@H]1CN2CC[C@H]1C[C@@H]2[C@@H](O)c1ccnc2ccc(OC)cc12.O=S(=O)(O)O.O=S(=O)(O)O. The van der Waals surface area contributed by atoms with Crippen LogP contribution >= 0.6 is 0 Å². The van der Waals surface area contributed by atoms with Crippen molar-refractivity contribution >= 4 is 31.7 Å². The number of hydrogen-bond donors (Lipinski definition) is 5. The molecule has 4 heterocycles. The Bertz CT molecular complexity index is 1160. The molecule has 5 N–H and O–H groups in total. The second kappa shape index (κ2) is 11.5. The summed E-state index contributed by atoms with van der Waals surface area (Å²) in [6, 6.07) is 7.96. The zero-order valence-corrected chi connectivity index (χ0v) is 19.9. The number of ether oxygens (including phenoxy) is 1. The summed E-state index contributed by atoms with van der Waals surface area (Å²) >= 11 is 0. The number of aromatic nitrogens is 1. The summed E-state index contributed by atoms with van der Waals surface area (Å²) in [5.41, 5.74) is 1.85. The standard InChI is InChI=1S/C20H24N2O2.2H2O4S/c1-3-13-12-22-9-7-14(13)10-19(22)20(23)16-6-8-21-18-5-4-15(24-2)11-17(16)18;2*1-5(2,3)4/h3-6,8,11,13-14,19-20,23H,1,7,9-10,12H2,2H3;2*(H2,1,2,3,4)/t13-,14-,19+,20-;;/m0../s1. The van der Waals surface area contributed by atoms with E-state index in [9.17, 15) is 5.11 Å². The van der Waals surface area contributed by atoms with E-state index in [4.69, 9.17) is 39.8 Å². The fourth-order valence-corrected chi connectivity index (χ4v) is 4.44. The van der Waals surface area contributed by atoms with Crippen molar-refractivity contribution in [1.82, 2.24) is 9.88 Å². The van der Waals surface area contributed by atoms with Crippen LogP contribution in [0.4, 0.5) is 0 Å². The van der Waals surface area contributed by atoms with Gasteiger partial charge in [0.25, 0.3) is 0 Å². The van der Waals surface area contributed by atoms with Crippen LogP contribution in [0, 0.1) is 11.8 Å². The molecule has 0 saturated carbocycles. The zero-order valence-electron chi connectivity index (χ0n) is 18.3. The molecule has 3 saturated heterocycles. The Balaban J connectivity index is 0.000000347. The lowest BCUT2D eigenvalue weighted by Crippen LogP contribution is -2.54. The molecule has 14 heteroatoms. The highest BCUT2D eigenvalue weighted by Crippen LogP contribution is 2.42. The normalized spacial score (nSPS) is 24.8. The number of benzene rings is 1. The molecule has 12 nitrogen and oxygen atoms in total. The number of piperidine rings is 3. The lowest BCUT2D eigenvalue weighted by molar-refractivity contribution is -0.0444. The highest BCUT2D eigenvalue weighted by Gasteiger charge is 2.42. The second-order valence-corrected chi connectivity index (χ2v) is 9.66. The van der Waals surface area contributed by atoms with Crippen molar-refractivity contribution in [3.05, 3.63) is 48.7 Å². The van der Waals surface area contributed by atoms with Crippen molar-refractivity contribution in [1.29, 1.82) is 0 Å². The minimum atomic E-state index is -4.67. The molecule has 5 rings (SSSR count). The van der Waals surface area contributed by atoms with Gasteiger partial charge < -0.3 is 9.84 Å². The molecule has 34 heavy (non-hydrogen) atoms. The average Bonchev–Trinajstić information content (AvgIpc) is 2.75. The Kier molecular flexibility index (Phi) is 9.50. The topological polar surface area (TPSA) is 195 Å². The van der Waals surface area contributed by atoms with E-state index in [-0.39, 0.29) is 6.04 Å². The molecule has 1 unspecified atom stereocenters. The summed E-state index contributed by atoms with van der Waals surface area (Å²) in [6.07, 6.45) is 5.62. The maximum Gasteiger partial charge on any atom is 0.394 e. The Morgan fingerprint density at radius 3 is 2.26 bits per heavy atom. The van der Waals surface area contributed by atoms with Crippen LogP contribution in [-0.2, 0) is 20.8 Å². The van der Waals surface area contributed by atoms with Crippen molar-refractivity contribution in [2.75, 3.05) is 20.2 Å². The number of fused-ring (bicyclic) bond motifs is 4. The number of pyridine rings is 1. The van der Waals surface area contributed by atoms with Gasteiger partial charge in [-0.25, -0.2) is 0 Å². The third kappa shape index (κ3) is 8.56. The zero-order chi connectivity index (χ0) is 25.7. The van der Waals surface area contributed by atoms with E-state index in [1.54, 1.807) is 13.3 Å². The van der Waals surface area contributed by atoms with Gasteiger partial charge in [0.05, 0.1) is 18.7 Å². The molecule has 0 amide bonds. The van der Waals surface area contributed by atoms with E-state index in [2.05, 4.69) is 22.5 Å². The number of aliphatic hydroxyl groups excluding tert-OH is 1. The monoisotopic (exact) mass is 520 g/mol. The van der Waals surface area contributed by atoms with Gasteiger partial charge in [0.1, 0.15) is 5.75 Å². The highest BCUT2D eigenvalue weighted by molar-refractivity contribution is 7.80. The van der Waals surface area contributed by atoms with Crippen LogP contribution < -0.4 is 4.74 Å². The van der Waals surface area contributed by atoms with E-state index in [0.29, 0.717) is 11.8 Å². The van der Waals surface area contributed by atoms with Crippen LogP contribution in [0.25, 0.3) is 10.9 Å². The van der Waals surface area contributed by atoms with E-state index in [1.165, 1.54) is 6.42 Å². The molecule has 1 aromatic carbocycles. The van der Waals surface area contributed by atoms with E-state index >= 15 is 0 Å². The van der Waals surface area contributed by atoms with Gasteiger partial charge in [-0.1, -0.05) is 6.08 Å². The van der Waals surface area contributed by atoms with Gasteiger partial charge in [-0.05, 0) is 61.1 Å². The molecule has 0 radical (unpaired) electrons. The third-order valence-corrected chi connectivity index (χ3v) is 5.82. The number of hydrogen-bond acceptors (Lipinski definition) is 8. The molecule has 3 fully saturated rings. The van der Waals surface area contributed by atoms with Crippen molar-refractivity contribution in [3.8, 4) is 5.75 Å². The van der Waals surface area contributed by atoms with Crippen LogP contribution in [0.5, 0.6) is 5.75 Å². The first-order valence-corrected chi connectivity index (χ1v) is 12.9. The van der Waals surface area contributed by atoms with Crippen LogP contribution in [-0.4, -0.2) is 76.3 Å². The lowest BCUT2D eigenvalue weighted by atomic mass is 9.73. The summed E-state index contributed by atoms with van der Waals surface area (Å²) < 4.78 is 68.5. The molecule has 0 spiro atoms. The average molecular weight is 521 g/mol. The fourth-order valence-electron chi connectivity index (χ4n) is 4.44. The predicted molar refractivity (Wildman–Crippen MR) is 123 cm³/mol. The van der Waals surface area contributed by atoms with Crippen LogP contribution in [0.15, 0.2) is 43.1 Å². The Morgan fingerprint density at radius 1 is 1.15 bits per heavy atom. The Morgan fingerprint density at radius 2 is 1.76 bits per heavy atom. The Hall–Kier alpha value is -2.17. The lowest BCUT2D eigenvalue weighted by Gasteiger charge is -2.50. The van der Waals surface area contributed by atoms with Gasteiger partial charge in [0, 0.05) is 24.2 Å². The third-order valence-electron chi connectivity index (χ3n) is 5.82. The molecule has 3 aliphatic rings. The Labute approximate surface area is 198 Å². The largest absolute Gasteiger partial charge is 0.497 e. The minimum absolute atomic E-state index is 0.178. The summed E-state index contributed by atoms with van der Waals surface area (Å²) in [7, 11) is -7.67. The number of nitrogens with zero attached hydrogens (tertiary/aromatic N) is 2. The van der Waals surface area contributed by atoms with Gasteiger partial charge in [-0.3, -0.25) is 28.1 Å². The first-order valence-electron chi connectivity index (χ1n) is 10.1. The molecule has 2 aromatic rings. The molecule has 2 bridgehead atoms. The van der Waals surface area contributed by atoms with Crippen LogP contribution in [0.2, 0.25) is 0 Å². The van der Waals surface area contributed by atoms with Crippen molar-refractivity contribution < 1.29 is 44.9 Å². The van der Waals surface area contributed by atoms with Crippen LogP contribution in [0.1, 0.15) is 24.5 Å². The van der Waals surface area contributed by atoms with Gasteiger partial charge in [0.15, 0.2) is 0 Å². The van der Waals surface area contributed by atoms with Gasteiger partial charge in [-0.15, -0.1) is 6.58 Å². The minimum Gasteiger partial charge on any atom is -0.497 e. The number of aliphatic hydroxyl groups is 1. The van der Waals surface area contributed by atoms with E-state index < -0.39 is 26.9 Å². The maximum absolute atomic E-state index is 11.2. The molecule has 190 valence electrons. The fraction of sp³-hybridized carbons (Fsp3) is 0.450. The maximum atomic E-state index is 11.2. The first-order chi connectivity index (χ1) is 15.7. The highest BCUT2D eigenvalue weighted by atomic mass is 32.3. The molecule has 3 aliphatic heterocycles. The van der Waals surface area contributed by atoms with Crippen LogP contribution in [0.3, 0.4) is 0 Å².